The molecule has 1 saturated heterocycles. The lowest BCUT2D eigenvalue weighted by atomic mass is 10.1. The molecule has 1 rings (SSSR count). The van der Waals surface area contributed by atoms with Gasteiger partial charge >= 0.3 is 0 Å². The van der Waals surface area contributed by atoms with Crippen LogP contribution >= 0.6 is 0 Å². The molecule has 0 aliphatic carbocycles. The molecular formula is C11H21N3O2. The molecule has 0 radical (unpaired) electrons. The molecular weight excluding hydrogens is 206 g/mol. The molecule has 1 aliphatic heterocycles. The van der Waals surface area contributed by atoms with Crippen molar-refractivity contribution in [2.45, 2.75) is 38.6 Å². The van der Waals surface area contributed by atoms with Crippen molar-refractivity contribution in [1.82, 2.24) is 10.2 Å². The van der Waals surface area contributed by atoms with Gasteiger partial charge in [-0.2, -0.15) is 0 Å². The Morgan fingerprint density at radius 2 is 2.38 bits per heavy atom. The number of hydrogen-bond acceptors (Lipinski definition) is 3. The molecule has 1 aliphatic rings. The molecule has 1 unspecified atom stereocenters. The van der Waals surface area contributed by atoms with Crippen LogP contribution in [-0.2, 0) is 9.59 Å². The van der Waals surface area contributed by atoms with Gasteiger partial charge in [-0.3, -0.25) is 9.59 Å². The lowest BCUT2D eigenvalue weighted by Gasteiger charge is -2.19. The van der Waals surface area contributed by atoms with E-state index in [1.807, 2.05) is 0 Å². The first kappa shape index (κ1) is 13.0. The van der Waals surface area contributed by atoms with Crippen molar-refractivity contribution < 1.29 is 9.59 Å². The van der Waals surface area contributed by atoms with Crippen LogP contribution in [0.5, 0.6) is 0 Å². The van der Waals surface area contributed by atoms with Crippen LogP contribution in [0.4, 0.5) is 0 Å². The number of hydrogen-bond donors (Lipinski definition) is 2. The van der Waals surface area contributed by atoms with Gasteiger partial charge in [0.05, 0.1) is 6.54 Å². The summed E-state index contributed by atoms with van der Waals surface area (Å²) in [4.78, 5) is 24.5. The van der Waals surface area contributed by atoms with E-state index in [9.17, 15) is 9.59 Å². The molecule has 5 nitrogen and oxygen atoms in total. The Kier molecular flexibility index (Phi) is 5.25. The van der Waals surface area contributed by atoms with Crippen LogP contribution in [0.25, 0.3) is 0 Å². The third kappa shape index (κ3) is 3.81. The number of nitrogens with one attached hydrogen (secondary N) is 1. The predicted molar refractivity (Wildman–Crippen MR) is 61.7 cm³/mol. The first-order valence-corrected chi connectivity index (χ1v) is 5.94. The quantitative estimate of drug-likeness (QED) is 0.662. The van der Waals surface area contributed by atoms with Crippen LogP contribution in [0.3, 0.4) is 0 Å². The molecule has 1 fully saturated rings. The van der Waals surface area contributed by atoms with Crippen molar-refractivity contribution in [1.29, 1.82) is 0 Å². The topological polar surface area (TPSA) is 75.4 Å². The Morgan fingerprint density at radius 3 is 2.88 bits per heavy atom. The van der Waals surface area contributed by atoms with Crippen molar-refractivity contribution in [2.24, 2.45) is 5.73 Å². The zero-order chi connectivity index (χ0) is 12.0. The van der Waals surface area contributed by atoms with Gasteiger partial charge < -0.3 is 16.0 Å². The van der Waals surface area contributed by atoms with Gasteiger partial charge in [0, 0.05) is 25.6 Å². The van der Waals surface area contributed by atoms with Crippen LogP contribution in [0.2, 0.25) is 0 Å². The number of carbonyl (C=O) groups excluding carboxylic acids is 2. The maximum absolute atomic E-state index is 11.6. The second kappa shape index (κ2) is 6.48. The van der Waals surface area contributed by atoms with E-state index >= 15 is 0 Å². The second-order valence-electron chi connectivity index (χ2n) is 4.21. The Bertz CT molecular complexity index is 256. The van der Waals surface area contributed by atoms with Crippen molar-refractivity contribution >= 4 is 11.8 Å². The van der Waals surface area contributed by atoms with Crippen LogP contribution in [0.1, 0.15) is 32.6 Å². The zero-order valence-corrected chi connectivity index (χ0v) is 9.87. The summed E-state index contributed by atoms with van der Waals surface area (Å²) in [6.07, 6.45) is 3.31. The average molecular weight is 227 g/mol. The van der Waals surface area contributed by atoms with E-state index in [1.165, 1.54) is 0 Å². The van der Waals surface area contributed by atoms with Crippen LogP contribution in [-0.4, -0.2) is 42.4 Å². The molecule has 2 amide bonds. The fourth-order valence-corrected chi connectivity index (χ4v) is 1.92. The molecule has 0 bridgehead atoms. The van der Waals surface area contributed by atoms with Crippen molar-refractivity contribution in [3.8, 4) is 0 Å². The Morgan fingerprint density at radius 1 is 1.62 bits per heavy atom. The fourth-order valence-electron chi connectivity index (χ4n) is 1.92. The van der Waals surface area contributed by atoms with E-state index in [1.54, 1.807) is 4.90 Å². The van der Waals surface area contributed by atoms with E-state index in [4.69, 9.17) is 5.73 Å². The summed E-state index contributed by atoms with van der Waals surface area (Å²) in [5, 5.41) is 2.86. The minimum absolute atomic E-state index is 0.0372. The van der Waals surface area contributed by atoms with E-state index in [2.05, 4.69) is 12.2 Å². The number of carbonyl (C=O) groups is 2. The van der Waals surface area contributed by atoms with Gasteiger partial charge in [-0.15, -0.1) is 0 Å². The summed E-state index contributed by atoms with van der Waals surface area (Å²) in [6.45, 7) is 3.39. The Balaban J connectivity index is 2.31. The third-order valence-corrected chi connectivity index (χ3v) is 2.79. The largest absolute Gasteiger partial charge is 0.351 e. The van der Waals surface area contributed by atoms with E-state index < -0.39 is 0 Å². The highest BCUT2D eigenvalue weighted by molar-refractivity contribution is 5.85. The lowest BCUT2D eigenvalue weighted by molar-refractivity contribution is -0.133. The minimum atomic E-state index is -0.0980. The molecule has 1 heterocycles. The standard InChI is InChI=1S/C11H21N3O2/c1-2-4-9(7-12)13-10(15)8-14-6-3-5-11(14)16/h9H,2-8,12H2,1H3,(H,13,15). The lowest BCUT2D eigenvalue weighted by Crippen LogP contribution is -2.45. The predicted octanol–water partition coefficient (Wildman–Crippen LogP) is -0.148. The van der Waals surface area contributed by atoms with Crippen molar-refractivity contribution in [3.05, 3.63) is 0 Å². The monoisotopic (exact) mass is 227 g/mol. The summed E-state index contributed by atoms with van der Waals surface area (Å²) in [6, 6.07) is 0.0372. The smallest absolute Gasteiger partial charge is 0.239 e. The molecule has 0 spiro atoms. The van der Waals surface area contributed by atoms with Crippen LogP contribution in [0.15, 0.2) is 0 Å². The van der Waals surface area contributed by atoms with E-state index in [0.29, 0.717) is 19.5 Å². The molecule has 5 heteroatoms. The zero-order valence-electron chi connectivity index (χ0n) is 9.87. The normalized spacial score (nSPS) is 17.6. The molecule has 92 valence electrons. The molecule has 1 atom stereocenters. The van der Waals surface area contributed by atoms with Gasteiger partial charge in [-0.1, -0.05) is 13.3 Å². The fraction of sp³-hybridized carbons (Fsp3) is 0.818. The van der Waals surface area contributed by atoms with Gasteiger partial charge in [0.15, 0.2) is 0 Å². The highest BCUT2D eigenvalue weighted by Crippen LogP contribution is 2.08. The number of rotatable bonds is 6. The molecule has 0 aromatic rings. The van der Waals surface area contributed by atoms with Gasteiger partial charge in [0.2, 0.25) is 11.8 Å². The molecule has 3 N–H and O–H groups in total. The van der Waals surface area contributed by atoms with Crippen LogP contribution in [0, 0.1) is 0 Å². The first-order valence-electron chi connectivity index (χ1n) is 5.94. The second-order valence-corrected chi connectivity index (χ2v) is 4.21. The van der Waals surface area contributed by atoms with E-state index in [0.717, 1.165) is 19.3 Å². The minimum Gasteiger partial charge on any atom is -0.351 e. The first-order chi connectivity index (χ1) is 7.67. The molecule has 0 aromatic heterocycles. The number of nitrogens with two attached hydrogens (primary N) is 1. The Labute approximate surface area is 96.4 Å². The number of nitrogens with zero attached hydrogens (tertiary/aromatic N) is 1. The summed E-state index contributed by atoms with van der Waals surface area (Å²) in [5.41, 5.74) is 5.55. The summed E-state index contributed by atoms with van der Waals surface area (Å²) in [5.74, 6) is -0.0194. The maximum Gasteiger partial charge on any atom is 0.239 e. The van der Waals surface area contributed by atoms with Crippen LogP contribution < -0.4 is 11.1 Å². The van der Waals surface area contributed by atoms with Gasteiger partial charge in [0.1, 0.15) is 0 Å². The molecule has 0 saturated carbocycles. The number of likely N-dealkylation sites (tertiary alicyclic amines) is 1. The summed E-state index contributed by atoms with van der Waals surface area (Å²) >= 11 is 0. The van der Waals surface area contributed by atoms with Gasteiger partial charge in [-0.25, -0.2) is 0 Å². The van der Waals surface area contributed by atoms with Gasteiger partial charge in [-0.05, 0) is 12.8 Å². The van der Waals surface area contributed by atoms with Crippen molar-refractivity contribution in [3.63, 3.8) is 0 Å². The highest BCUT2D eigenvalue weighted by Gasteiger charge is 2.22. The Hall–Kier alpha value is -1.10. The third-order valence-electron chi connectivity index (χ3n) is 2.79. The number of amides is 2. The molecule has 16 heavy (non-hydrogen) atoms. The van der Waals surface area contributed by atoms with Crippen molar-refractivity contribution in [2.75, 3.05) is 19.6 Å². The summed E-state index contributed by atoms with van der Waals surface area (Å²) < 4.78 is 0. The SMILES string of the molecule is CCCC(CN)NC(=O)CN1CCCC1=O. The van der Waals surface area contributed by atoms with Gasteiger partial charge in [0.25, 0.3) is 0 Å². The maximum atomic E-state index is 11.6. The average Bonchev–Trinajstić information content (AvgIpc) is 2.64. The highest BCUT2D eigenvalue weighted by atomic mass is 16.2. The van der Waals surface area contributed by atoms with E-state index in [-0.39, 0.29) is 24.4 Å². The molecule has 0 aromatic carbocycles. The summed E-state index contributed by atoms with van der Waals surface area (Å²) in [7, 11) is 0.